The lowest BCUT2D eigenvalue weighted by Gasteiger charge is -2.17. The summed E-state index contributed by atoms with van der Waals surface area (Å²) in [6.07, 6.45) is 3.28. The largest absolute Gasteiger partial charge is 0.325 e. The van der Waals surface area contributed by atoms with Gasteiger partial charge in [-0.25, -0.2) is 0 Å². The molecule has 0 aliphatic carbocycles. The van der Waals surface area contributed by atoms with Gasteiger partial charge in [-0.05, 0) is 65.7 Å². The first kappa shape index (κ1) is 24.5. The number of carbonyl (C=O) groups excluding carboxylic acids is 2. The van der Waals surface area contributed by atoms with E-state index in [0.29, 0.717) is 5.69 Å². The lowest BCUT2D eigenvalue weighted by Crippen LogP contribution is -2.19. The monoisotopic (exact) mass is 542 g/mol. The second-order valence-corrected chi connectivity index (χ2v) is 9.76. The highest BCUT2D eigenvalue weighted by molar-refractivity contribution is 9.10. The van der Waals surface area contributed by atoms with Crippen LogP contribution >= 0.6 is 27.7 Å². The number of amides is 2. The van der Waals surface area contributed by atoms with Crippen LogP contribution in [0, 0.1) is 0 Å². The van der Waals surface area contributed by atoms with Crippen molar-refractivity contribution in [3.63, 3.8) is 0 Å². The Bertz CT molecular complexity index is 1290. The molecular weight excluding hydrogens is 520 g/mol. The summed E-state index contributed by atoms with van der Waals surface area (Å²) >= 11 is 4.87. The van der Waals surface area contributed by atoms with Crippen LogP contribution in [0.25, 0.3) is 6.08 Å². The van der Waals surface area contributed by atoms with E-state index in [4.69, 9.17) is 0 Å². The van der Waals surface area contributed by atoms with Crippen LogP contribution in [-0.4, -0.2) is 11.8 Å². The molecule has 1 atom stereocenters. The molecule has 2 N–H and O–H groups in total. The summed E-state index contributed by atoms with van der Waals surface area (Å²) < 4.78 is 0.951. The zero-order chi connectivity index (χ0) is 24.5. The number of thioether (sulfide) groups is 1. The smallest absolute Gasteiger partial charge is 0.248 e. The van der Waals surface area contributed by atoms with Gasteiger partial charge in [0, 0.05) is 26.8 Å². The highest BCUT2D eigenvalue weighted by atomic mass is 79.9. The van der Waals surface area contributed by atoms with Gasteiger partial charge in [-0.15, -0.1) is 11.8 Å². The zero-order valence-corrected chi connectivity index (χ0v) is 21.1. The van der Waals surface area contributed by atoms with Gasteiger partial charge >= 0.3 is 0 Å². The molecule has 0 radical (unpaired) electrons. The van der Waals surface area contributed by atoms with Crippen LogP contribution in [-0.2, 0) is 9.59 Å². The van der Waals surface area contributed by atoms with E-state index in [-0.39, 0.29) is 11.8 Å². The molecule has 0 aromatic heterocycles. The molecule has 4 aromatic rings. The van der Waals surface area contributed by atoms with Crippen LogP contribution in [0.5, 0.6) is 0 Å². The van der Waals surface area contributed by atoms with E-state index in [0.717, 1.165) is 26.2 Å². The maximum atomic E-state index is 13.2. The molecule has 0 aliphatic heterocycles. The highest BCUT2D eigenvalue weighted by Gasteiger charge is 2.22. The van der Waals surface area contributed by atoms with E-state index in [1.165, 1.54) is 17.8 Å². The first-order valence-corrected chi connectivity index (χ1v) is 12.7. The van der Waals surface area contributed by atoms with E-state index in [1.807, 2.05) is 109 Å². The fourth-order valence-corrected chi connectivity index (χ4v) is 4.60. The van der Waals surface area contributed by atoms with Gasteiger partial charge in [-0.2, -0.15) is 0 Å². The summed E-state index contributed by atoms with van der Waals surface area (Å²) in [6, 6.07) is 34.3. The minimum absolute atomic E-state index is 0.105. The highest BCUT2D eigenvalue weighted by Crippen LogP contribution is 2.36. The van der Waals surface area contributed by atoms with Crippen LogP contribution in [0.15, 0.2) is 125 Å². The predicted molar refractivity (Wildman–Crippen MR) is 148 cm³/mol. The molecule has 0 saturated heterocycles. The van der Waals surface area contributed by atoms with Crippen molar-refractivity contribution >= 4 is 57.0 Å². The number of halogens is 1. The van der Waals surface area contributed by atoms with E-state index in [1.54, 1.807) is 6.08 Å². The number of anilines is 2. The standard InChI is InChI=1S/C29H23BrN2O2S/c30-23-12-14-25(15-13-23)32-29(34)28(22-9-5-2-6-10-22)35-26-18-16-24(17-19-26)31-27(33)20-11-21-7-3-1-4-8-21/h1-20,28H,(H,31,33)(H,32,34)/b20-11+. The van der Waals surface area contributed by atoms with Gasteiger partial charge in [0.2, 0.25) is 11.8 Å². The lowest BCUT2D eigenvalue weighted by molar-refractivity contribution is -0.116. The van der Waals surface area contributed by atoms with E-state index in [2.05, 4.69) is 26.6 Å². The van der Waals surface area contributed by atoms with Crippen molar-refractivity contribution in [3.05, 3.63) is 131 Å². The first-order chi connectivity index (χ1) is 17.1. The summed E-state index contributed by atoms with van der Waals surface area (Å²) in [5, 5.41) is 5.44. The minimum atomic E-state index is -0.436. The molecule has 0 saturated carbocycles. The summed E-state index contributed by atoms with van der Waals surface area (Å²) in [7, 11) is 0. The molecule has 4 aromatic carbocycles. The number of rotatable bonds is 8. The molecule has 4 nitrogen and oxygen atoms in total. The van der Waals surface area contributed by atoms with Crippen molar-refractivity contribution in [2.45, 2.75) is 10.1 Å². The second-order valence-electron chi connectivity index (χ2n) is 7.66. The van der Waals surface area contributed by atoms with Crippen molar-refractivity contribution in [3.8, 4) is 0 Å². The Kier molecular flexibility index (Phi) is 8.54. The second kappa shape index (κ2) is 12.2. The molecule has 0 bridgehead atoms. The third kappa shape index (κ3) is 7.44. The van der Waals surface area contributed by atoms with Crippen LogP contribution < -0.4 is 10.6 Å². The summed E-state index contributed by atoms with van der Waals surface area (Å²) in [4.78, 5) is 26.4. The molecule has 0 aliphatic rings. The minimum Gasteiger partial charge on any atom is -0.325 e. The molecule has 0 heterocycles. The third-order valence-corrected chi connectivity index (χ3v) is 6.85. The normalized spacial score (nSPS) is 11.7. The molecule has 6 heteroatoms. The van der Waals surface area contributed by atoms with Crippen LogP contribution in [0.1, 0.15) is 16.4 Å². The average molecular weight is 543 g/mol. The Morgan fingerprint density at radius 1 is 0.714 bits per heavy atom. The van der Waals surface area contributed by atoms with E-state index in [9.17, 15) is 9.59 Å². The van der Waals surface area contributed by atoms with Crippen molar-refractivity contribution in [2.24, 2.45) is 0 Å². The number of nitrogens with one attached hydrogen (secondary N) is 2. The lowest BCUT2D eigenvalue weighted by atomic mass is 10.1. The Labute approximate surface area is 217 Å². The van der Waals surface area contributed by atoms with Gasteiger partial charge in [-0.1, -0.05) is 76.6 Å². The van der Waals surface area contributed by atoms with Crippen LogP contribution in [0.3, 0.4) is 0 Å². The quantitative estimate of drug-likeness (QED) is 0.178. The SMILES string of the molecule is O=C(/C=C/c1ccccc1)Nc1ccc(SC(C(=O)Nc2ccc(Br)cc2)c2ccccc2)cc1. The number of benzene rings is 4. The molecule has 2 amide bonds. The number of hydrogen-bond donors (Lipinski definition) is 2. The summed E-state index contributed by atoms with van der Waals surface area (Å²) in [5.41, 5.74) is 3.30. The van der Waals surface area contributed by atoms with E-state index < -0.39 is 5.25 Å². The Morgan fingerprint density at radius 3 is 1.94 bits per heavy atom. The third-order valence-electron chi connectivity index (χ3n) is 5.05. The van der Waals surface area contributed by atoms with Gasteiger partial charge in [-0.3, -0.25) is 9.59 Å². The van der Waals surface area contributed by atoms with Gasteiger partial charge in [0.05, 0.1) is 0 Å². The number of hydrogen-bond acceptors (Lipinski definition) is 3. The van der Waals surface area contributed by atoms with Gasteiger partial charge < -0.3 is 10.6 Å². The Balaban J connectivity index is 1.43. The fraction of sp³-hybridized carbons (Fsp3) is 0.0345. The zero-order valence-electron chi connectivity index (χ0n) is 18.7. The van der Waals surface area contributed by atoms with Crippen molar-refractivity contribution in [1.82, 2.24) is 0 Å². The van der Waals surface area contributed by atoms with Crippen molar-refractivity contribution in [2.75, 3.05) is 10.6 Å². The summed E-state index contributed by atoms with van der Waals surface area (Å²) in [5.74, 6) is -0.308. The summed E-state index contributed by atoms with van der Waals surface area (Å²) in [6.45, 7) is 0. The molecule has 1 unspecified atom stereocenters. The molecule has 4 rings (SSSR count). The van der Waals surface area contributed by atoms with Crippen molar-refractivity contribution in [1.29, 1.82) is 0 Å². The van der Waals surface area contributed by atoms with Gasteiger partial charge in [0.25, 0.3) is 0 Å². The Hall–Kier alpha value is -3.61. The fourth-order valence-electron chi connectivity index (χ4n) is 3.31. The van der Waals surface area contributed by atoms with Crippen LogP contribution in [0.2, 0.25) is 0 Å². The molecule has 35 heavy (non-hydrogen) atoms. The molecule has 174 valence electrons. The first-order valence-electron chi connectivity index (χ1n) is 11.0. The van der Waals surface area contributed by atoms with Gasteiger partial charge in [0.1, 0.15) is 5.25 Å². The van der Waals surface area contributed by atoms with Gasteiger partial charge in [0.15, 0.2) is 0 Å². The maximum absolute atomic E-state index is 13.2. The van der Waals surface area contributed by atoms with Crippen LogP contribution in [0.4, 0.5) is 11.4 Å². The van der Waals surface area contributed by atoms with E-state index >= 15 is 0 Å². The Morgan fingerprint density at radius 2 is 1.29 bits per heavy atom. The molecule has 0 fully saturated rings. The average Bonchev–Trinajstić information content (AvgIpc) is 2.89. The molecular formula is C29H23BrN2O2S. The maximum Gasteiger partial charge on any atom is 0.248 e. The van der Waals surface area contributed by atoms with Crippen molar-refractivity contribution < 1.29 is 9.59 Å². The topological polar surface area (TPSA) is 58.2 Å². The molecule has 0 spiro atoms. The number of carbonyl (C=O) groups is 2. The predicted octanol–water partition coefficient (Wildman–Crippen LogP) is 7.57.